The largest absolute Gasteiger partial charge is 0.379 e. The van der Waals surface area contributed by atoms with E-state index < -0.39 is 0 Å². The molecule has 0 aliphatic rings. The van der Waals surface area contributed by atoms with Crippen LogP contribution in [-0.4, -0.2) is 4.98 Å². The van der Waals surface area contributed by atoms with Crippen molar-refractivity contribution in [2.24, 2.45) is 0 Å². The molecule has 0 saturated carbocycles. The summed E-state index contributed by atoms with van der Waals surface area (Å²) in [6.07, 6.45) is 0. The van der Waals surface area contributed by atoms with Crippen molar-refractivity contribution < 1.29 is 0 Å². The minimum Gasteiger partial charge on any atom is -0.379 e. The molecule has 0 unspecified atom stereocenters. The fraction of sp³-hybridized carbons (Fsp3) is 0.500. The van der Waals surface area contributed by atoms with Gasteiger partial charge in [0.25, 0.3) is 0 Å². The summed E-state index contributed by atoms with van der Waals surface area (Å²) in [6, 6.07) is 8.70. The minimum atomic E-state index is 0.128. The molecule has 1 heterocycles. The molecule has 1 aromatic carbocycles. The maximum Gasteiger partial charge on any atom is 0.112 e. The second kappa shape index (κ2) is 5.80. The molecule has 1 aromatic heterocycles. The van der Waals surface area contributed by atoms with Crippen LogP contribution in [0.2, 0.25) is 0 Å². The third-order valence-corrected chi connectivity index (χ3v) is 4.36. The zero-order chi connectivity index (χ0) is 15.7. The number of hydrogen-bond donors (Lipinski definition) is 1. The van der Waals surface area contributed by atoms with Gasteiger partial charge in [0.1, 0.15) is 5.01 Å². The summed E-state index contributed by atoms with van der Waals surface area (Å²) in [5.41, 5.74) is 4.01. The Hall–Kier alpha value is -1.35. The highest BCUT2D eigenvalue weighted by molar-refractivity contribution is 7.09. The smallest absolute Gasteiger partial charge is 0.112 e. The monoisotopic (exact) mass is 302 g/mol. The molecule has 0 fully saturated rings. The molecule has 3 heteroatoms. The van der Waals surface area contributed by atoms with Crippen molar-refractivity contribution in [3.63, 3.8) is 0 Å². The van der Waals surface area contributed by atoms with E-state index in [0.717, 1.165) is 17.2 Å². The first-order valence-corrected chi connectivity index (χ1v) is 8.33. The molecular formula is C18H26N2S. The third-order valence-electron chi connectivity index (χ3n) is 3.51. The fourth-order valence-corrected chi connectivity index (χ4v) is 2.96. The molecule has 0 aliphatic heterocycles. The van der Waals surface area contributed by atoms with Gasteiger partial charge in [-0.05, 0) is 23.1 Å². The molecule has 0 radical (unpaired) electrons. The third kappa shape index (κ3) is 4.31. The zero-order valence-electron chi connectivity index (χ0n) is 13.9. The number of nitrogens with zero attached hydrogens (tertiary/aromatic N) is 1. The van der Waals surface area contributed by atoms with Crippen LogP contribution >= 0.6 is 11.3 Å². The van der Waals surface area contributed by atoms with E-state index in [9.17, 15) is 0 Å². The first-order valence-electron chi connectivity index (χ1n) is 7.45. The van der Waals surface area contributed by atoms with Crippen LogP contribution in [0.15, 0.2) is 29.6 Å². The Morgan fingerprint density at radius 2 is 1.57 bits per heavy atom. The predicted octanol–water partition coefficient (Wildman–Crippen LogP) is 5.35. The van der Waals surface area contributed by atoms with Gasteiger partial charge >= 0.3 is 0 Å². The molecular weight excluding hydrogens is 276 g/mol. The van der Waals surface area contributed by atoms with E-state index in [1.165, 1.54) is 11.3 Å². The Morgan fingerprint density at radius 3 is 2.05 bits per heavy atom. The Bertz CT molecular complexity index is 583. The maximum absolute atomic E-state index is 4.71. The zero-order valence-corrected chi connectivity index (χ0v) is 14.8. The number of rotatable bonds is 3. The van der Waals surface area contributed by atoms with E-state index in [1.54, 1.807) is 11.3 Å². The summed E-state index contributed by atoms with van der Waals surface area (Å²) >= 11 is 1.73. The lowest BCUT2D eigenvalue weighted by Crippen LogP contribution is -2.12. The van der Waals surface area contributed by atoms with Crippen molar-refractivity contribution in [2.45, 2.75) is 58.9 Å². The molecule has 21 heavy (non-hydrogen) atoms. The Balaban J connectivity index is 1.99. The maximum atomic E-state index is 4.71. The quantitative estimate of drug-likeness (QED) is 0.826. The predicted molar refractivity (Wildman–Crippen MR) is 93.3 cm³/mol. The lowest BCUT2D eigenvalue weighted by atomic mass is 9.87. The Kier molecular flexibility index (Phi) is 4.43. The number of benzene rings is 1. The molecule has 0 spiro atoms. The van der Waals surface area contributed by atoms with Gasteiger partial charge in [-0.25, -0.2) is 4.98 Å². The van der Waals surface area contributed by atoms with E-state index in [1.807, 2.05) is 0 Å². The van der Waals surface area contributed by atoms with Crippen molar-refractivity contribution in [2.75, 3.05) is 5.32 Å². The lowest BCUT2D eigenvalue weighted by Gasteiger charge is -2.19. The summed E-state index contributed by atoms with van der Waals surface area (Å²) in [5, 5.41) is 6.76. The summed E-state index contributed by atoms with van der Waals surface area (Å²) in [4.78, 5) is 4.71. The molecule has 0 atom stereocenters. The SMILES string of the molecule is CC(C)(C)c1ccc(NCc2nc(C(C)(C)C)cs2)cc1. The van der Waals surface area contributed by atoms with Crippen LogP contribution in [0.1, 0.15) is 57.8 Å². The highest BCUT2D eigenvalue weighted by Gasteiger charge is 2.17. The summed E-state index contributed by atoms with van der Waals surface area (Å²) in [5.74, 6) is 0. The molecule has 0 bridgehead atoms. The van der Waals surface area contributed by atoms with E-state index >= 15 is 0 Å². The van der Waals surface area contributed by atoms with Gasteiger partial charge < -0.3 is 5.32 Å². The van der Waals surface area contributed by atoms with Gasteiger partial charge in [0.2, 0.25) is 0 Å². The van der Waals surface area contributed by atoms with Gasteiger partial charge in [-0.1, -0.05) is 53.7 Å². The van der Waals surface area contributed by atoms with Crippen LogP contribution < -0.4 is 5.32 Å². The van der Waals surface area contributed by atoms with Crippen LogP contribution in [0.5, 0.6) is 0 Å². The van der Waals surface area contributed by atoms with E-state index in [-0.39, 0.29) is 10.8 Å². The van der Waals surface area contributed by atoms with Gasteiger partial charge in [0.05, 0.1) is 12.2 Å². The molecule has 2 aromatic rings. The standard InChI is InChI=1S/C18H26N2S/c1-17(2,3)13-7-9-14(10-8-13)19-11-16-20-15(12-21-16)18(4,5)6/h7-10,12,19H,11H2,1-6H3. The van der Waals surface area contributed by atoms with Gasteiger partial charge in [-0.15, -0.1) is 11.3 Å². The van der Waals surface area contributed by atoms with Crippen molar-refractivity contribution in [1.29, 1.82) is 0 Å². The van der Waals surface area contributed by atoms with Crippen LogP contribution in [0, 0.1) is 0 Å². The minimum absolute atomic E-state index is 0.128. The molecule has 0 aliphatic carbocycles. The lowest BCUT2D eigenvalue weighted by molar-refractivity contribution is 0.571. The second-order valence-corrected chi connectivity index (χ2v) is 8.50. The van der Waals surface area contributed by atoms with E-state index in [4.69, 9.17) is 4.98 Å². The highest BCUT2D eigenvalue weighted by Crippen LogP contribution is 2.25. The highest BCUT2D eigenvalue weighted by atomic mass is 32.1. The van der Waals surface area contributed by atoms with E-state index in [0.29, 0.717) is 0 Å². The Labute approximate surface area is 132 Å². The molecule has 2 rings (SSSR count). The molecule has 2 nitrogen and oxygen atoms in total. The normalized spacial score (nSPS) is 12.5. The Morgan fingerprint density at radius 1 is 0.952 bits per heavy atom. The molecule has 114 valence electrons. The molecule has 0 amide bonds. The number of nitrogens with one attached hydrogen (secondary N) is 1. The summed E-state index contributed by atoms with van der Waals surface area (Å²) in [6.45, 7) is 14.1. The van der Waals surface area contributed by atoms with Crippen molar-refractivity contribution in [1.82, 2.24) is 4.98 Å². The fourth-order valence-electron chi connectivity index (χ4n) is 2.00. The average Bonchev–Trinajstić information content (AvgIpc) is 2.84. The average molecular weight is 302 g/mol. The van der Waals surface area contributed by atoms with E-state index in [2.05, 4.69) is 76.5 Å². The van der Waals surface area contributed by atoms with Gasteiger partial charge in [-0.2, -0.15) is 0 Å². The summed E-state index contributed by atoms with van der Waals surface area (Å²) < 4.78 is 0. The van der Waals surface area contributed by atoms with Crippen molar-refractivity contribution in [3.8, 4) is 0 Å². The number of thiazole rings is 1. The number of aromatic nitrogens is 1. The van der Waals surface area contributed by atoms with Crippen molar-refractivity contribution >= 4 is 17.0 Å². The second-order valence-electron chi connectivity index (χ2n) is 7.56. The van der Waals surface area contributed by atoms with Crippen LogP contribution in [0.4, 0.5) is 5.69 Å². The number of hydrogen-bond acceptors (Lipinski definition) is 3. The van der Waals surface area contributed by atoms with Crippen LogP contribution in [-0.2, 0) is 17.4 Å². The van der Waals surface area contributed by atoms with Gasteiger partial charge in [0, 0.05) is 16.5 Å². The number of anilines is 1. The first kappa shape index (κ1) is 16.0. The van der Waals surface area contributed by atoms with Gasteiger partial charge in [-0.3, -0.25) is 0 Å². The molecule has 0 saturated heterocycles. The topological polar surface area (TPSA) is 24.9 Å². The van der Waals surface area contributed by atoms with Crippen LogP contribution in [0.25, 0.3) is 0 Å². The van der Waals surface area contributed by atoms with Crippen LogP contribution in [0.3, 0.4) is 0 Å². The first-order chi connectivity index (χ1) is 9.66. The summed E-state index contributed by atoms with van der Waals surface area (Å²) in [7, 11) is 0. The van der Waals surface area contributed by atoms with Gasteiger partial charge in [0.15, 0.2) is 0 Å². The van der Waals surface area contributed by atoms with Crippen molar-refractivity contribution in [3.05, 3.63) is 45.9 Å². The molecule has 1 N–H and O–H groups in total.